The first-order chi connectivity index (χ1) is 30.9. The number of alkyl carbamates (subject to hydrolysis) is 1. The molecule has 16 heteroatoms. The third-order valence-electron chi connectivity index (χ3n) is 12.5. The van der Waals surface area contributed by atoms with Crippen molar-refractivity contribution in [3.05, 3.63) is 109 Å². The van der Waals surface area contributed by atoms with E-state index in [1.165, 1.54) is 7.11 Å². The van der Waals surface area contributed by atoms with Crippen LogP contribution in [0.3, 0.4) is 0 Å². The number of rotatable bonds is 17. The zero-order valence-corrected chi connectivity index (χ0v) is 41.3. The first kappa shape index (κ1) is 49.1. The molecule has 4 aromatic carbocycles. The number of ether oxygens (including phenoxy) is 4. The van der Waals surface area contributed by atoms with Crippen LogP contribution in [-0.2, 0) is 41.9 Å². The van der Waals surface area contributed by atoms with Crippen LogP contribution in [0.15, 0.2) is 76.6 Å². The van der Waals surface area contributed by atoms with Gasteiger partial charge in [0, 0.05) is 22.5 Å². The molecule has 1 aliphatic heterocycles. The van der Waals surface area contributed by atoms with Crippen LogP contribution in [0.1, 0.15) is 91.8 Å². The third kappa shape index (κ3) is 11.2. The molecule has 0 aromatic heterocycles. The van der Waals surface area contributed by atoms with Gasteiger partial charge in [0.1, 0.15) is 35.8 Å². The van der Waals surface area contributed by atoms with E-state index in [-0.39, 0.29) is 55.1 Å². The number of guanidine groups is 1. The number of sulfonamides is 1. The molecule has 0 saturated heterocycles. The number of methoxy groups -OCH3 is 1. The number of fused-ring (bicyclic) bond motifs is 4. The molecule has 348 valence electrons. The summed E-state index contributed by atoms with van der Waals surface area (Å²) in [6.45, 7) is 14.1. The minimum atomic E-state index is -4.17. The number of benzene rings is 4. The maximum Gasteiger partial charge on any atom is 0.407 e. The Balaban J connectivity index is 1.17. The van der Waals surface area contributed by atoms with Gasteiger partial charge < -0.3 is 35.3 Å². The molecule has 2 amide bonds. The molecule has 1 aliphatic carbocycles. The van der Waals surface area contributed by atoms with Crippen molar-refractivity contribution < 1.29 is 41.7 Å². The van der Waals surface area contributed by atoms with E-state index in [4.69, 9.17) is 24.7 Å². The van der Waals surface area contributed by atoms with Crippen LogP contribution in [0.25, 0.3) is 11.1 Å². The first-order valence-corrected chi connectivity index (χ1v) is 24.5. The van der Waals surface area contributed by atoms with Crippen molar-refractivity contribution in [2.75, 3.05) is 26.9 Å². The summed E-state index contributed by atoms with van der Waals surface area (Å²) in [5.74, 6) is -0.337. The first-order valence-electron chi connectivity index (χ1n) is 21.9. The molecule has 0 radical (unpaired) electrons. The van der Waals surface area contributed by atoms with Crippen molar-refractivity contribution in [3.8, 4) is 22.6 Å². The predicted molar refractivity (Wildman–Crippen MR) is 259 cm³/mol. The highest BCUT2D eigenvalue weighted by atomic mass is 127. The second kappa shape index (κ2) is 20.9. The van der Waals surface area contributed by atoms with Crippen LogP contribution in [-0.4, -0.2) is 76.9 Å². The Morgan fingerprint density at radius 1 is 0.954 bits per heavy atom. The average Bonchev–Trinajstić information content (AvgIpc) is 3.59. The highest BCUT2D eigenvalue weighted by molar-refractivity contribution is 14.1. The number of carbonyl (C=O) groups is 3. The van der Waals surface area contributed by atoms with E-state index in [2.05, 4.69) is 55.9 Å². The minimum Gasteiger partial charge on any atom is -0.494 e. The summed E-state index contributed by atoms with van der Waals surface area (Å²) in [7, 11) is -2.93. The zero-order chi connectivity index (χ0) is 47.2. The summed E-state index contributed by atoms with van der Waals surface area (Å²) in [6.07, 6.45) is 1.00. The summed E-state index contributed by atoms with van der Waals surface area (Å²) >= 11 is 2.29. The molecule has 4 aromatic rings. The molecule has 6 rings (SSSR count). The number of esters is 1. The van der Waals surface area contributed by atoms with Gasteiger partial charge in [0.05, 0.1) is 18.6 Å². The summed E-state index contributed by atoms with van der Waals surface area (Å²) in [5, 5.41) is 5.48. The van der Waals surface area contributed by atoms with E-state index in [1.807, 2.05) is 76.2 Å². The molecule has 1 heterocycles. The topological polar surface area (TPSA) is 197 Å². The number of hydrogen-bond acceptors (Lipinski definition) is 10. The maximum atomic E-state index is 14.1. The molecular weight excluding hydrogens is 962 g/mol. The molecule has 65 heavy (non-hydrogen) atoms. The lowest BCUT2D eigenvalue weighted by atomic mass is 9.81. The molecule has 4 atom stereocenters. The van der Waals surface area contributed by atoms with Crippen molar-refractivity contribution in [2.45, 2.75) is 109 Å². The molecule has 0 fully saturated rings. The van der Waals surface area contributed by atoms with Gasteiger partial charge in [-0.15, -0.1) is 0 Å². The van der Waals surface area contributed by atoms with Gasteiger partial charge in [-0.3, -0.25) is 9.79 Å². The lowest BCUT2D eigenvalue weighted by Gasteiger charge is -2.40. The van der Waals surface area contributed by atoms with Gasteiger partial charge in [-0.05, 0) is 157 Å². The van der Waals surface area contributed by atoms with Crippen LogP contribution < -0.4 is 30.6 Å². The smallest absolute Gasteiger partial charge is 0.407 e. The maximum absolute atomic E-state index is 14.1. The molecule has 5 N–H and O–H groups in total. The Labute approximate surface area is 396 Å². The fraction of sp³-hybridized carbons (Fsp3) is 0.429. The highest BCUT2D eigenvalue weighted by Crippen LogP contribution is 2.47. The molecule has 0 spiro atoms. The Bertz CT molecular complexity index is 2560. The van der Waals surface area contributed by atoms with E-state index in [0.717, 1.165) is 48.9 Å². The van der Waals surface area contributed by atoms with E-state index >= 15 is 0 Å². The number of nitrogens with zero attached hydrogens (tertiary/aromatic N) is 1. The van der Waals surface area contributed by atoms with Gasteiger partial charge in [0.25, 0.3) is 10.0 Å². The average molecular weight is 1020 g/mol. The molecule has 0 saturated carbocycles. The number of hydrogen-bond donors (Lipinski definition) is 4. The van der Waals surface area contributed by atoms with Crippen LogP contribution in [0.2, 0.25) is 0 Å². The second-order valence-corrected chi connectivity index (χ2v) is 20.0. The summed E-state index contributed by atoms with van der Waals surface area (Å²) in [5.41, 5.74) is 13.5. The second-order valence-electron chi connectivity index (χ2n) is 17.3. The zero-order valence-electron chi connectivity index (χ0n) is 38.3. The number of nitrogens with two attached hydrogens (primary N) is 1. The van der Waals surface area contributed by atoms with Crippen LogP contribution >= 0.6 is 22.6 Å². The SMILES string of the molecule is CCCOc1ccc(C[C@H](NC(=O)[C@@H](CCCN=C(N)NS(=O)(=O)c2c(C)c(C)c3c(c2C)C[C@@H](C)C(C)(C)O3)NC(=O)OCC2c3ccccc3-c3cccc(I)c32)C(=O)OC)cc1. The van der Waals surface area contributed by atoms with E-state index in [9.17, 15) is 22.8 Å². The Kier molecular flexibility index (Phi) is 15.8. The predicted octanol–water partition coefficient (Wildman–Crippen LogP) is 7.54. The monoisotopic (exact) mass is 1020 g/mol. The third-order valence-corrected chi connectivity index (χ3v) is 15.0. The Morgan fingerprint density at radius 3 is 2.37 bits per heavy atom. The molecule has 0 bridgehead atoms. The number of amides is 2. The van der Waals surface area contributed by atoms with Crippen molar-refractivity contribution in [1.82, 2.24) is 15.4 Å². The molecule has 2 aliphatic rings. The van der Waals surface area contributed by atoms with Gasteiger partial charge in [-0.2, -0.15) is 0 Å². The minimum absolute atomic E-state index is 0.00254. The van der Waals surface area contributed by atoms with Crippen LogP contribution in [0.4, 0.5) is 4.79 Å². The van der Waals surface area contributed by atoms with Crippen molar-refractivity contribution in [1.29, 1.82) is 0 Å². The van der Waals surface area contributed by atoms with Gasteiger partial charge in [-0.1, -0.05) is 62.4 Å². The fourth-order valence-electron chi connectivity index (χ4n) is 8.47. The lowest BCUT2D eigenvalue weighted by Crippen LogP contribution is -2.52. The number of halogens is 1. The van der Waals surface area contributed by atoms with Gasteiger partial charge in [0.15, 0.2) is 0 Å². The number of carbonyl (C=O) groups excluding carboxylic acids is 3. The number of aliphatic imine (C=N–C) groups is 1. The Hall–Kier alpha value is -5.36. The normalized spacial score (nSPS) is 17.0. The quantitative estimate of drug-likeness (QED) is 0.0270. The highest BCUT2D eigenvalue weighted by Gasteiger charge is 2.38. The Morgan fingerprint density at radius 2 is 1.66 bits per heavy atom. The van der Waals surface area contributed by atoms with E-state index < -0.39 is 45.7 Å². The standard InChI is InChI=1S/C49H60IN5O9S/c1-9-24-62-33-21-19-32(20-22-33)26-41(46(57)61-8)53-45(56)40(54-48(58)63-27-38-35-15-11-10-14-34(35)36-16-12-17-39(50)42(36)38)18-13-23-52-47(51)55-65(59,60)44-30(4)29(3)43-37(31(44)5)25-28(2)49(6,7)64-43/h10-12,14-17,19-22,28,38,40-41H,9,13,18,23-27H2,1-8H3,(H,53,56)(H,54,58)(H3,51,52,55)/t28-,38?,40-,41+/m1/s1. The largest absolute Gasteiger partial charge is 0.494 e. The van der Waals surface area contributed by atoms with E-state index in [1.54, 1.807) is 26.0 Å². The molecular formula is C49H60IN5O9S. The van der Waals surface area contributed by atoms with E-state index in [0.29, 0.717) is 35.7 Å². The van der Waals surface area contributed by atoms with Crippen molar-refractivity contribution >= 4 is 56.5 Å². The fourth-order valence-corrected chi connectivity index (χ4v) is 10.9. The van der Waals surface area contributed by atoms with Gasteiger partial charge in [0.2, 0.25) is 11.9 Å². The van der Waals surface area contributed by atoms with Crippen LogP contribution in [0.5, 0.6) is 11.5 Å². The molecule has 1 unspecified atom stereocenters. The van der Waals surface area contributed by atoms with Crippen molar-refractivity contribution in [3.63, 3.8) is 0 Å². The van der Waals surface area contributed by atoms with Gasteiger partial charge in [-0.25, -0.2) is 22.7 Å². The molecule has 14 nitrogen and oxygen atoms in total. The van der Waals surface area contributed by atoms with Crippen molar-refractivity contribution in [2.24, 2.45) is 16.6 Å². The number of nitrogens with one attached hydrogen (secondary N) is 3. The van der Waals surface area contributed by atoms with Gasteiger partial charge >= 0.3 is 12.1 Å². The lowest BCUT2D eigenvalue weighted by molar-refractivity contribution is -0.145. The van der Waals surface area contributed by atoms with Crippen LogP contribution in [0, 0.1) is 30.3 Å². The summed E-state index contributed by atoms with van der Waals surface area (Å²) in [6, 6.07) is 19.0. The summed E-state index contributed by atoms with van der Waals surface area (Å²) < 4.78 is 54.2. The summed E-state index contributed by atoms with van der Waals surface area (Å²) in [4.78, 5) is 45.1.